The molecule has 2 rings (SSSR count). The van der Waals surface area contributed by atoms with Crippen molar-refractivity contribution in [3.63, 3.8) is 0 Å². The van der Waals surface area contributed by atoms with Crippen molar-refractivity contribution in [2.24, 2.45) is 17.6 Å². The van der Waals surface area contributed by atoms with E-state index < -0.39 is 18.6 Å². The molecule has 1 aromatic carbocycles. The SMILES string of the molecule is CN(Cc1ccccc1)CC1CCC(CCB(O)O)CC1(N)C(=O)O. The molecule has 25 heavy (non-hydrogen) atoms. The molecule has 0 spiro atoms. The normalized spacial score (nSPS) is 26.6. The molecule has 0 aromatic heterocycles. The third-order valence-corrected chi connectivity index (χ3v) is 5.34. The van der Waals surface area contributed by atoms with Gasteiger partial charge in [-0.1, -0.05) is 36.8 Å². The number of nitrogens with two attached hydrogens (primary N) is 1. The molecule has 1 aliphatic rings. The molecular weight excluding hydrogens is 319 g/mol. The van der Waals surface area contributed by atoms with Crippen molar-refractivity contribution in [2.45, 2.75) is 44.1 Å². The van der Waals surface area contributed by atoms with Crippen LogP contribution in [0.25, 0.3) is 0 Å². The van der Waals surface area contributed by atoms with Crippen LogP contribution in [0.2, 0.25) is 6.32 Å². The second kappa shape index (κ2) is 8.80. The molecule has 3 unspecified atom stereocenters. The van der Waals surface area contributed by atoms with Gasteiger partial charge in [-0.05, 0) is 44.1 Å². The second-order valence-corrected chi connectivity index (χ2v) is 7.43. The Labute approximate surface area is 149 Å². The minimum absolute atomic E-state index is 0.117. The Morgan fingerprint density at radius 1 is 1.32 bits per heavy atom. The van der Waals surface area contributed by atoms with Crippen LogP contribution < -0.4 is 5.73 Å². The van der Waals surface area contributed by atoms with Crippen LogP contribution >= 0.6 is 0 Å². The number of benzene rings is 1. The highest BCUT2D eigenvalue weighted by molar-refractivity contribution is 6.40. The van der Waals surface area contributed by atoms with Crippen molar-refractivity contribution in [3.05, 3.63) is 35.9 Å². The summed E-state index contributed by atoms with van der Waals surface area (Å²) >= 11 is 0. The summed E-state index contributed by atoms with van der Waals surface area (Å²) in [6.45, 7) is 1.39. The lowest BCUT2D eigenvalue weighted by Gasteiger charge is -2.43. The van der Waals surface area contributed by atoms with Gasteiger partial charge in [0.15, 0.2) is 0 Å². The highest BCUT2D eigenvalue weighted by Crippen LogP contribution is 2.38. The Morgan fingerprint density at radius 3 is 2.60 bits per heavy atom. The van der Waals surface area contributed by atoms with E-state index in [2.05, 4.69) is 17.0 Å². The summed E-state index contributed by atoms with van der Waals surface area (Å²) in [6, 6.07) is 10.1. The summed E-state index contributed by atoms with van der Waals surface area (Å²) in [5.74, 6) is -0.951. The lowest BCUT2D eigenvalue weighted by Crippen LogP contribution is -2.59. The highest BCUT2D eigenvalue weighted by Gasteiger charge is 2.47. The zero-order valence-corrected chi connectivity index (χ0v) is 14.8. The van der Waals surface area contributed by atoms with Crippen molar-refractivity contribution in [2.75, 3.05) is 13.6 Å². The van der Waals surface area contributed by atoms with Gasteiger partial charge >= 0.3 is 13.1 Å². The number of carboxylic acid groups (broad SMARTS) is 1. The zero-order chi connectivity index (χ0) is 18.4. The number of rotatable bonds is 8. The van der Waals surface area contributed by atoms with E-state index in [1.54, 1.807) is 0 Å². The molecule has 1 aromatic rings. The van der Waals surface area contributed by atoms with Crippen LogP contribution in [0.3, 0.4) is 0 Å². The molecule has 0 heterocycles. The maximum Gasteiger partial charge on any atom is 0.451 e. The molecule has 0 amide bonds. The average molecular weight is 348 g/mol. The van der Waals surface area contributed by atoms with E-state index in [4.69, 9.17) is 15.8 Å². The van der Waals surface area contributed by atoms with E-state index >= 15 is 0 Å². The van der Waals surface area contributed by atoms with Gasteiger partial charge in [0.05, 0.1) is 0 Å². The molecule has 1 saturated carbocycles. The van der Waals surface area contributed by atoms with E-state index in [1.165, 1.54) is 5.56 Å². The maximum absolute atomic E-state index is 11.9. The van der Waals surface area contributed by atoms with E-state index in [0.717, 1.165) is 19.4 Å². The van der Waals surface area contributed by atoms with Gasteiger partial charge in [0.1, 0.15) is 5.54 Å². The van der Waals surface area contributed by atoms with Crippen molar-refractivity contribution >= 4 is 13.1 Å². The first kappa shape index (κ1) is 19.9. The largest absolute Gasteiger partial charge is 0.480 e. The van der Waals surface area contributed by atoms with Gasteiger partial charge in [0.2, 0.25) is 0 Å². The molecule has 0 aliphatic heterocycles. The predicted octanol–water partition coefficient (Wildman–Crippen LogP) is 1.18. The summed E-state index contributed by atoms with van der Waals surface area (Å²) in [7, 11) is 0.649. The first-order valence-corrected chi connectivity index (χ1v) is 8.92. The molecule has 1 fully saturated rings. The van der Waals surface area contributed by atoms with Gasteiger partial charge in [-0.15, -0.1) is 0 Å². The Bertz CT molecular complexity index is 557. The summed E-state index contributed by atoms with van der Waals surface area (Å²) in [4.78, 5) is 14.0. The van der Waals surface area contributed by atoms with Crippen molar-refractivity contribution in [3.8, 4) is 0 Å². The second-order valence-electron chi connectivity index (χ2n) is 7.43. The fourth-order valence-corrected chi connectivity index (χ4v) is 3.92. The summed E-state index contributed by atoms with van der Waals surface area (Å²) in [5, 5.41) is 27.8. The predicted molar refractivity (Wildman–Crippen MR) is 97.8 cm³/mol. The lowest BCUT2D eigenvalue weighted by atomic mass is 9.66. The Kier molecular flexibility index (Phi) is 7.01. The Morgan fingerprint density at radius 2 is 2.00 bits per heavy atom. The van der Waals surface area contributed by atoms with Crippen LogP contribution in [0.5, 0.6) is 0 Å². The molecule has 0 radical (unpaired) electrons. The molecular formula is C18H29BN2O4. The molecule has 1 aliphatic carbocycles. The van der Waals surface area contributed by atoms with Crippen molar-refractivity contribution < 1.29 is 19.9 Å². The molecule has 138 valence electrons. The standard InChI is InChI=1S/C18H29BN2O4/c1-21(12-15-5-3-2-4-6-15)13-16-8-7-14(9-10-19(24)25)11-18(16,20)17(22)23/h2-6,14,16,24-25H,7-13,20H2,1H3,(H,22,23). The zero-order valence-electron chi connectivity index (χ0n) is 14.8. The lowest BCUT2D eigenvalue weighted by molar-refractivity contribution is -0.148. The van der Waals surface area contributed by atoms with E-state index in [-0.39, 0.29) is 18.2 Å². The minimum atomic E-state index is -1.34. The van der Waals surface area contributed by atoms with Crippen LogP contribution in [-0.2, 0) is 11.3 Å². The fourth-order valence-electron chi connectivity index (χ4n) is 3.92. The average Bonchev–Trinajstić information content (AvgIpc) is 2.56. The molecule has 0 saturated heterocycles. The topological polar surface area (TPSA) is 107 Å². The van der Waals surface area contributed by atoms with E-state index in [9.17, 15) is 9.90 Å². The molecule has 7 heteroatoms. The van der Waals surface area contributed by atoms with Gasteiger partial charge < -0.3 is 25.8 Å². The number of nitrogens with zero attached hydrogens (tertiary/aromatic N) is 1. The first-order valence-electron chi connectivity index (χ1n) is 8.92. The van der Waals surface area contributed by atoms with Crippen molar-refractivity contribution in [1.82, 2.24) is 4.90 Å². The highest BCUT2D eigenvalue weighted by atomic mass is 16.4. The van der Waals surface area contributed by atoms with Crippen LogP contribution in [-0.4, -0.2) is 52.3 Å². The maximum atomic E-state index is 11.9. The molecule has 0 bridgehead atoms. The number of hydrogen-bond donors (Lipinski definition) is 4. The third kappa shape index (κ3) is 5.54. The Hall–Kier alpha value is -1.41. The Balaban J connectivity index is 1.98. The van der Waals surface area contributed by atoms with Gasteiger partial charge in [-0.2, -0.15) is 0 Å². The quantitative estimate of drug-likeness (QED) is 0.526. The fraction of sp³-hybridized carbons (Fsp3) is 0.611. The number of carbonyl (C=O) groups is 1. The van der Waals surface area contributed by atoms with E-state index in [0.29, 0.717) is 19.4 Å². The van der Waals surface area contributed by atoms with Gasteiger partial charge in [0, 0.05) is 19.0 Å². The van der Waals surface area contributed by atoms with Crippen LogP contribution in [0.15, 0.2) is 30.3 Å². The molecule has 3 atom stereocenters. The van der Waals surface area contributed by atoms with Gasteiger partial charge in [0.25, 0.3) is 0 Å². The first-order chi connectivity index (χ1) is 11.8. The van der Waals surface area contributed by atoms with Crippen LogP contribution in [0.4, 0.5) is 0 Å². The third-order valence-electron chi connectivity index (χ3n) is 5.34. The molecule has 6 nitrogen and oxygen atoms in total. The molecule has 5 N–H and O–H groups in total. The summed E-state index contributed by atoms with van der Waals surface area (Å²) in [5.41, 5.74) is 6.27. The monoisotopic (exact) mass is 348 g/mol. The smallest absolute Gasteiger partial charge is 0.451 e. The van der Waals surface area contributed by atoms with Crippen LogP contribution in [0.1, 0.15) is 31.2 Å². The number of aliphatic carboxylic acids is 1. The van der Waals surface area contributed by atoms with Crippen molar-refractivity contribution in [1.29, 1.82) is 0 Å². The van der Waals surface area contributed by atoms with Crippen LogP contribution in [0, 0.1) is 11.8 Å². The van der Waals surface area contributed by atoms with Gasteiger partial charge in [-0.3, -0.25) is 4.79 Å². The summed E-state index contributed by atoms with van der Waals surface area (Å²) in [6.07, 6.45) is 2.87. The summed E-state index contributed by atoms with van der Waals surface area (Å²) < 4.78 is 0. The number of carboxylic acids is 1. The minimum Gasteiger partial charge on any atom is -0.480 e. The van der Waals surface area contributed by atoms with E-state index in [1.807, 2.05) is 25.2 Å². The number of hydrogen-bond acceptors (Lipinski definition) is 5. The van der Waals surface area contributed by atoms with Gasteiger partial charge in [-0.25, -0.2) is 0 Å².